The first-order valence-electron chi connectivity index (χ1n) is 3.95. The van der Waals surface area contributed by atoms with Gasteiger partial charge >= 0.3 is 0 Å². The fourth-order valence-electron chi connectivity index (χ4n) is 1.55. The van der Waals surface area contributed by atoms with E-state index in [4.69, 9.17) is 9.47 Å². The Morgan fingerprint density at radius 3 is 2.64 bits per heavy atom. The predicted octanol–water partition coefficient (Wildman–Crippen LogP) is 1.23. The van der Waals surface area contributed by atoms with Crippen molar-refractivity contribution in [2.75, 3.05) is 13.2 Å². The standard InChI is InChI=1S/C8H11O3/c9-7-1-3-8(4-2-7)10-5-6-11-8/h1H,2-6H2. The Morgan fingerprint density at radius 1 is 1.36 bits per heavy atom. The molecule has 1 aliphatic heterocycles. The quantitative estimate of drug-likeness (QED) is 0.527. The molecule has 0 atom stereocenters. The summed E-state index contributed by atoms with van der Waals surface area (Å²) < 4.78 is 10.8. The molecule has 0 aromatic rings. The van der Waals surface area contributed by atoms with Crippen molar-refractivity contribution in [2.24, 2.45) is 0 Å². The number of ether oxygens (including phenoxy) is 2. The molecule has 2 aliphatic rings. The average Bonchev–Trinajstić information content (AvgIpc) is 2.45. The van der Waals surface area contributed by atoms with Crippen molar-refractivity contribution in [1.82, 2.24) is 0 Å². The topological polar surface area (TPSA) is 38.4 Å². The minimum absolute atomic E-state index is 0.217. The van der Waals surface area contributed by atoms with Crippen LogP contribution in [-0.4, -0.2) is 19.0 Å². The van der Waals surface area contributed by atoms with Crippen molar-refractivity contribution in [2.45, 2.75) is 25.0 Å². The number of allylic oxidation sites excluding steroid dienone is 1. The fourth-order valence-corrected chi connectivity index (χ4v) is 1.55. The van der Waals surface area contributed by atoms with Gasteiger partial charge in [0, 0.05) is 19.3 Å². The number of hydrogen-bond donors (Lipinski definition) is 0. The summed E-state index contributed by atoms with van der Waals surface area (Å²) in [6.45, 7) is 1.34. The molecular formula is C8H11O3. The first-order valence-corrected chi connectivity index (χ1v) is 3.95. The second-order valence-electron chi connectivity index (χ2n) is 2.98. The highest BCUT2D eigenvalue weighted by Crippen LogP contribution is 2.34. The van der Waals surface area contributed by atoms with Gasteiger partial charge in [-0.15, -0.1) is 0 Å². The summed E-state index contributed by atoms with van der Waals surface area (Å²) in [7, 11) is 0. The largest absolute Gasteiger partial charge is 0.347 e. The van der Waals surface area contributed by atoms with Crippen LogP contribution in [0.3, 0.4) is 0 Å². The lowest BCUT2D eigenvalue weighted by molar-refractivity contribution is -0.163. The van der Waals surface area contributed by atoms with Crippen molar-refractivity contribution in [3.63, 3.8) is 0 Å². The van der Waals surface area contributed by atoms with E-state index < -0.39 is 5.79 Å². The third kappa shape index (κ3) is 1.26. The van der Waals surface area contributed by atoms with Gasteiger partial charge in [-0.25, -0.2) is 0 Å². The molecule has 11 heavy (non-hydrogen) atoms. The van der Waals surface area contributed by atoms with Crippen molar-refractivity contribution in [3.8, 4) is 0 Å². The van der Waals surface area contributed by atoms with E-state index in [1.165, 1.54) is 0 Å². The maximum absolute atomic E-state index is 10.8. The summed E-state index contributed by atoms with van der Waals surface area (Å²) in [5, 5.41) is 10.8. The molecule has 2 rings (SSSR count). The van der Waals surface area contributed by atoms with Gasteiger partial charge < -0.3 is 9.47 Å². The molecule has 0 aromatic carbocycles. The van der Waals surface area contributed by atoms with E-state index in [1.54, 1.807) is 6.08 Å². The van der Waals surface area contributed by atoms with Gasteiger partial charge in [0.15, 0.2) is 11.5 Å². The molecule has 0 bridgehead atoms. The van der Waals surface area contributed by atoms with E-state index >= 15 is 0 Å². The summed E-state index contributed by atoms with van der Waals surface area (Å²) in [6.07, 6.45) is 3.60. The Balaban J connectivity index is 2.06. The van der Waals surface area contributed by atoms with Crippen LogP contribution < -0.4 is 0 Å². The normalized spacial score (nSPS) is 28.9. The highest BCUT2D eigenvalue weighted by Gasteiger charge is 2.37. The maximum atomic E-state index is 10.8. The first kappa shape index (κ1) is 7.13. The lowest BCUT2D eigenvalue weighted by atomic mass is 9.99. The molecule has 0 aromatic heterocycles. The monoisotopic (exact) mass is 155 g/mol. The maximum Gasteiger partial charge on any atom is 0.172 e. The minimum atomic E-state index is -0.423. The summed E-state index contributed by atoms with van der Waals surface area (Å²) in [5.74, 6) is -0.205. The molecule has 0 amide bonds. The van der Waals surface area contributed by atoms with E-state index in [1.807, 2.05) is 0 Å². The van der Waals surface area contributed by atoms with E-state index in [0.717, 1.165) is 6.42 Å². The van der Waals surface area contributed by atoms with Crippen molar-refractivity contribution in [3.05, 3.63) is 11.8 Å². The molecule has 1 saturated heterocycles. The van der Waals surface area contributed by atoms with Crippen LogP contribution in [0.5, 0.6) is 0 Å². The number of hydrogen-bond acceptors (Lipinski definition) is 2. The molecule has 0 saturated carbocycles. The van der Waals surface area contributed by atoms with Crippen LogP contribution in [0.15, 0.2) is 11.8 Å². The molecule has 3 heteroatoms. The van der Waals surface area contributed by atoms with E-state index in [-0.39, 0.29) is 5.76 Å². The zero-order chi connectivity index (χ0) is 7.73. The Labute approximate surface area is 65.6 Å². The van der Waals surface area contributed by atoms with Crippen LogP contribution >= 0.6 is 0 Å². The second kappa shape index (κ2) is 2.50. The third-order valence-corrected chi connectivity index (χ3v) is 2.21. The molecular weight excluding hydrogens is 144 g/mol. The fraction of sp³-hybridized carbons (Fsp3) is 0.750. The van der Waals surface area contributed by atoms with E-state index in [2.05, 4.69) is 0 Å². The van der Waals surface area contributed by atoms with E-state index in [0.29, 0.717) is 26.1 Å². The Hall–Kier alpha value is -0.540. The second-order valence-corrected chi connectivity index (χ2v) is 2.98. The average molecular weight is 155 g/mol. The van der Waals surface area contributed by atoms with Gasteiger partial charge in [0.1, 0.15) is 0 Å². The van der Waals surface area contributed by atoms with Gasteiger partial charge in [0.25, 0.3) is 0 Å². The van der Waals surface area contributed by atoms with Gasteiger partial charge in [-0.05, 0) is 6.08 Å². The van der Waals surface area contributed by atoms with Crippen LogP contribution in [0.25, 0.3) is 0 Å². The minimum Gasteiger partial charge on any atom is -0.347 e. The van der Waals surface area contributed by atoms with Gasteiger partial charge in [-0.3, -0.25) is 5.11 Å². The van der Waals surface area contributed by atoms with Crippen LogP contribution in [0.1, 0.15) is 19.3 Å². The van der Waals surface area contributed by atoms with Crippen LogP contribution in [0, 0.1) is 0 Å². The lowest BCUT2D eigenvalue weighted by Gasteiger charge is -2.28. The van der Waals surface area contributed by atoms with Crippen LogP contribution in [0.4, 0.5) is 0 Å². The highest BCUT2D eigenvalue weighted by atomic mass is 16.7. The molecule has 1 aliphatic carbocycles. The zero-order valence-electron chi connectivity index (χ0n) is 6.34. The summed E-state index contributed by atoms with van der Waals surface area (Å²) in [5.41, 5.74) is 0. The first-order chi connectivity index (χ1) is 5.31. The SMILES string of the molecule is [O]C1=CCC2(CC1)OCCO2. The highest BCUT2D eigenvalue weighted by molar-refractivity contribution is 5.01. The summed E-state index contributed by atoms with van der Waals surface area (Å²) in [6, 6.07) is 0. The molecule has 1 radical (unpaired) electrons. The lowest BCUT2D eigenvalue weighted by Crippen LogP contribution is -2.31. The van der Waals surface area contributed by atoms with Crippen molar-refractivity contribution in [1.29, 1.82) is 0 Å². The van der Waals surface area contributed by atoms with Gasteiger partial charge in [-0.2, -0.15) is 0 Å². The summed E-state index contributed by atoms with van der Waals surface area (Å²) in [4.78, 5) is 0. The Bertz CT molecular complexity index is 180. The third-order valence-electron chi connectivity index (χ3n) is 2.21. The van der Waals surface area contributed by atoms with Gasteiger partial charge in [0.2, 0.25) is 0 Å². The molecule has 0 N–H and O–H groups in total. The smallest absolute Gasteiger partial charge is 0.172 e. The van der Waals surface area contributed by atoms with Crippen molar-refractivity contribution < 1.29 is 14.6 Å². The molecule has 1 heterocycles. The zero-order valence-corrected chi connectivity index (χ0v) is 6.34. The molecule has 61 valence electrons. The van der Waals surface area contributed by atoms with Gasteiger partial charge in [-0.1, -0.05) is 0 Å². The predicted molar refractivity (Wildman–Crippen MR) is 37.3 cm³/mol. The molecule has 1 fully saturated rings. The Kier molecular flexibility index (Phi) is 1.62. The molecule has 0 unspecified atom stereocenters. The van der Waals surface area contributed by atoms with E-state index in [9.17, 15) is 5.11 Å². The van der Waals surface area contributed by atoms with Crippen LogP contribution in [-0.2, 0) is 14.6 Å². The van der Waals surface area contributed by atoms with Crippen LogP contribution in [0.2, 0.25) is 0 Å². The molecule has 3 nitrogen and oxygen atoms in total. The Morgan fingerprint density at radius 2 is 2.09 bits per heavy atom. The van der Waals surface area contributed by atoms with Gasteiger partial charge in [0.05, 0.1) is 13.2 Å². The number of rotatable bonds is 0. The summed E-state index contributed by atoms with van der Waals surface area (Å²) >= 11 is 0. The van der Waals surface area contributed by atoms with Crippen molar-refractivity contribution >= 4 is 0 Å². The molecule has 1 spiro atoms.